The molecule has 428 valence electrons. The summed E-state index contributed by atoms with van der Waals surface area (Å²) in [5.41, 5.74) is 2.17. The van der Waals surface area contributed by atoms with E-state index in [0.29, 0.717) is 25.7 Å². The summed E-state index contributed by atoms with van der Waals surface area (Å²) < 4.78 is 11.7. The first-order chi connectivity index (χ1) is 37.1. The maximum absolute atomic E-state index is 13.6. The van der Waals surface area contributed by atoms with Crippen LogP contribution in [0.5, 0.6) is 0 Å². The average Bonchev–Trinajstić information content (AvgIpc) is 3.93. The fraction of sp³-hybridized carbons (Fsp3) is 0.538. The molecule has 0 aliphatic carbocycles. The lowest BCUT2D eigenvalue weighted by atomic mass is 9.73. The van der Waals surface area contributed by atoms with Crippen LogP contribution in [0, 0.1) is 23.7 Å². The number of ketones is 2. The first kappa shape index (κ1) is 66.7. The Morgan fingerprint density at radius 1 is 0.577 bits per heavy atom. The van der Waals surface area contributed by atoms with Gasteiger partial charge in [-0.05, 0) is 48.6 Å². The minimum Gasteiger partial charge on any atom is -0.426 e. The number of carbonyl (C=O) groups is 4. The molecule has 2 aromatic carbocycles. The molecule has 1 fully saturated rings. The highest BCUT2D eigenvalue weighted by molar-refractivity contribution is 6.47. The second-order valence-electron chi connectivity index (χ2n) is 19.7. The first-order valence-electron chi connectivity index (χ1n) is 25.6. The topological polar surface area (TPSA) is 405 Å². The standard InChI is InChI=1S/C26H36BN3O8.C20H26BN3O4.C6H14O6/c1-16(2)10-23(27-37-24(21(34)14-31)25(38-27)22(35)15-32)30-26(36)18(11-17-6-4-3-5-7-17)12-20(33)19-13-28-8-9-29-19;1-14(2)10-19(21(27)28)24-20(26)16(11-15-6-4-3-5-7-15)12-18(25)17-13-22-8-9-23-17;7-1-3(9)5(11)6(12)4(10)2-8/h3-9,13,16,18,21-25,31-32,34-35H,10-12,14-15H2,1-2H3,(H,30,36);3-9,13-14,16,19,27-28H,10-12H2,1-2H3,(H,24,26);3-12H,1-2H2/t18-,21+,22+,23+,24-,25-;16-,19+;3-,4-,5-,6-/m111/s1. The molecule has 2 amide bonds. The molecule has 0 spiro atoms. The van der Waals surface area contributed by atoms with Crippen molar-refractivity contribution in [2.75, 3.05) is 26.4 Å². The van der Waals surface area contributed by atoms with Gasteiger partial charge in [-0.2, -0.15) is 0 Å². The van der Waals surface area contributed by atoms with Crippen LogP contribution in [0.2, 0.25) is 0 Å². The zero-order chi connectivity index (χ0) is 57.9. The van der Waals surface area contributed by atoms with E-state index < -0.39 is 119 Å². The van der Waals surface area contributed by atoms with Gasteiger partial charge in [-0.1, -0.05) is 88.4 Å². The molecule has 0 unspecified atom stereocenters. The molecule has 5 rings (SSSR count). The molecule has 1 saturated heterocycles. The van der Waals surface area contributed by atoms with Crippen molar-refractivity contribution in [3.63, 3.8) is 0 Å². The summed E-state index contributed by atoms with van der Waals surface area (Å²) in [7, 11) is -2.73. The molecular formula is C52H76B2N6O18. The van der Waals surface area contributed by atoms with E-state index in [2.05, 4.69) is 30.6 Å². The predicted octanol–water partition coefficient (Wildman–Crippen LogP) is -2.18. The van der Waals surface area contributed by atoms with E-state index in [1.54, 1.807) is 0 Å². The van der Waals surface area contributed by atoms with Crippen molar-refractivity contribution in [1.29, 1.82) is 0 Å². The van der Waals surface area contributed by atoms with E-state index in [0.717, 1.165) is 11.1 Å². The molecule has 0 saturated carbocycles. The zero-order valence-electron chi connectivity index (χ0n) is 44.2. The number of aliphatic hydroxyl groups excluding tert-OH is 10. The summed E-state index contributed by atoms with van der Waals surface area (Å²) in [4.78, 5) is 67.9. The van der Waals surface area contributed by atoms with Crippen molar-refractivity contribution in [3.05, 3.63) is 120 Å². The largest absolute Gasteiger partial charge is 0.481 e. The lowest BCUT2D eigenvalue weighted by molar-refractivity contribution is -0.126. The number of carbonyl (C=O) groups excluding carboxylic acids is 4. The van der Waals surface area contributed by atoms with Gasteiger partial charge in [-0.3, -0.25) is 29.1 Å². The van der Waals surface area contributed by atoms with Gasteiger partial charge < -0.3 is 81.1 Å². The van der Waals surface area contributed by atoms with Gasteiger partial charge in [0.2, 0.25) is 11.8 Å². The molecule has 4 aromatic rings. The summed E-state index contributed by atoms with van der Waals surface area (Å²) >= 11 is 0. The number of amides is 2. The number of benzene rings is 2. The molecule has 78 heavy (non-hydrogen) atoms. The molecule has 1 aliphatic rings. The quantitative estimate of drug-likeness (QED) is 0.0203. The van der Waals surface area contributed by atoms with Gasteiger partial charge in [-0.15, -0.1) is 0 Å². The van der Waals surface area contributed by atoms with Crippen molar-refractivity contribution in [1.82, 2.24) is 30.6 Å². The van der Waals surface area contributed by atoms with Crippen LogP contribution in [0.25, 0.3) is 0 Å². The number of nitrogens with zero attached hydrogens (tertiary/aromatic N) is 4. The Hall–Kier alpha value is -5.55. The maximum Gasteiger partial charge on any atom is 0.481 e. The van der Waals surface area contributed by atoms with Gasteiger partial charge in [0.15, 0.2) is 11.6 Å². The summed E-state index contributed by atoms with van der Waals surface area (Å²) in [6.07, 6.45) is -1.47. The molecule has 0 bridgehead atoms. The summed E-state index contributed by atoms with van der Waals surface area (Å²) in [6.45, 7) is 5.04. The van der Waals surface area contributed by atoms with Gasteiger partial charge >= 0.3 is 14.2 Å². The van der Waals surface area contributed by atoms with Crippen LogP contribution in [0.15, 0.2) is 97.8 Å². The lowest BCUT2D eigenvalue weighted by Gasteiger charge is -2.25. The number of rotatable bonds is 29. The third-order valence-electron chi connectivity index (χ3n) is 12.3. The van der Waals surface area contributed by atoms with Crippen LogP contribution in [0.3, 0.4) is 0 Å². The van der Waals surface area contributed by atoms with E-state index in [1.165, 1.54) is 37.2 Å². The second-order valence-corrected chi connectivity index (χ2v) is 19.7. The minimum atomic E-state index is -1.67. The minimum absolute atomic E-state index is 0.0463. The van der Waals surface area contributed by atoms with Crippen LogP contribution < -0.4 is 10.6 Å². The molecule has 24 nitrogen and oxygen atoms in total. The van der Waals surface area contributed by atoms with Crippen molar-refractivity contribution in [2.45, 2.75) is 127 Å². The van der Waals surface area contributed by atoms with Gasteiger partial charge in [0, 0.05) is 49.5 Å². The Kier molecular flexibility index (Phi) is 30.1. The highest BCUT2D eigenvalue weighted by Crippen LogP contribution is 2.27. The van der Waals surface area contributed by atoms with Crippen LogP contribution in [0.1, 0.15) is 85.5 Å². The van der Waals surface area contributed by atoms with Crippen molar-refractivity contribution >= 4 is 37.6 Å². The van der Waals surface area contributed by atoms with E-state index >= 15 is 0 Å². The molecular weight excluding hydrogens is 1020 g/mol. The highest BCUT2D eigenvalue weighted by Gasteiger charge is 2.50. The molecule has 14 N–H and O–H groups in total. The summed E-state index contributed by atoms with van der Waals surface area (Å²) in [5, 5.41) is 116. The summed E-state index contributed by atoms with van der Waals surface area (Å²) in [6, 6.07) is 18.7. The van der Waals surface area contributed by atoms with Gasteiger partial charge in [-0.25, -0.2) is 9.97 Å². The normalized spacial score (nSPS) is 18.1. The third-order valence-corrected chi connectivity index (χ3v) is 12.3. The monoisotopic (exact) mass is 1090 g/mol. The number of hydrogen-bond donors (Lipinski definition) is 14. The number of Topliss-reactive ketones (excluding diaryl/α,β-unsaturated/α-hetero) is 2. The number of nitrogens with one attached hydrogen (secondary N) is 2. The SMILES string of the molecule is CC(C)C[C@H](NC(=O)[C@@H](CC(=O)c1cnccn1)Cc1ccccc1)B(O)O.CC(C)C[C@H](NC(=O)[C@@H](CC(=O)c1cnccn1)Cc1ccccc1)B1O[C@H]([C@@H](O)CO)[C@@H]([C@@H](O)CO)O1.OC[C@@H](O)[C@@H](O)[C@H](O)[C@H](O)CO. The van der Waals surface area contributed by atoms with Gasteiger partial charge in [0.1, 0.15) is 48.0 Å². The average molecular weight is 1090 g/mol. The Balaban J connectivity index is 0.000000349. The van der Waals surface area contributed by atoms with Gasteiger partial charge in [0.25, 0.3) is 0 Å². The van der Waals surface area contributed by atoms with E-state index in [9.17, 15) is 49.7 Å². The summed E-state index contributed by atoms with van der Waals surface area (Å²) in [5.74, 6) is -4.01. The van der Waals surface area contributed by atoms with E-state index in [1.807, 2.05) is 88.4 Å². The van der Waals surface area contributed by atoms with Crippen molar-refractivity contribution in [2.24, 2.45) is 23.7 Å². The number of aromatic nitrogens is 4. The molecule has 2 aromatic heterocycles. The fourth-order valence-electron chi connectivity index (χ4n) is 8.15. The highest BCUT2D eigenvalue weighted by atomic mass is 16.7. The first-order valence-corrected chi connectivity index (χ1v) is 25.6. The van der Waals surface area contributed by atoms with Crippen molar-refractivity contribution in [3.8, 4) is 0 Å². The van der Waals surface area contributed by atoms with Crippen LogP contribution in [-0.2, 0) is 31.7 Å². The molecule has 1 aliphatic heterocycles. The Labute approximate surface area is 453 Å². The van der Waals surface area contributed by atoms with Crippen LogP contribution in [0.4, 0.5) is 0 Å². The van der Waals surface area contributed by atoms with Crippen molar-refractivity contribution < 1.29 is 89.6 Å². The van der Waals surface area contributed by atoms with E-state index in [-0.39, 0.29) is 53.5 Å². The molecule has 12 atom stereocenters. The molecule has 0 radical (unpaired) electrons. The Morgan fingerprint density at radius 2 is 0.974 bits per heavy atom. The second kappa shape index (κ2) is 35.1. The molecule has 3 heterocycles. The fourth-order valence-corrected chi connectivity index (χ4v) is 8.15. The smallest absolute Gasteiger partial charge is 0.426 e. The Bertz CT molecular complexity index is 2290. The van der Waals surface area contributed by atoms with E-state index in [4.69, 9.17) is 39.9 Å². The third kappa shape index (κ3) is 22.7. The number of hydrogen-bond acceptors (Lipinski definition) is 22. The number of aliphatic hydroxyl groups is 10. The predicted molar refractivity (Wildman–Crippen MR) is 282 cm³/mol. The van der Waals surface area contributed by atoms with Crippen LogP contribution >= 0.6 is 0 Å². The zero-order valence-corrected chi connectivity index (χ0v) is 44.2. The lowest BCUT2D eigenvalue weighted by Crippen LogP contribution is -2.50. The Morgan fingerprint density at radius 3 is 1.31 bits per heavy atom. The molecule has 26 heteroatoms. The maximum atomic E-state index is 13.6. The van der Waals surface area contributed by atoms with Gasteiger partial charge in [0.05, 0.1) is 62.9 Å². The van der Waals surface area contributed by atoms with Crippen LogP contribution in [-0.4, -0.2) is 206 Å².